The molecule has 0 amide bonds. The van der Waals surface area contributed by atoms with Crippen LogP contribution in [0.5, 0.6) is 0 Å². The average molecular weight is 144 g/mol. The molecule has 0 aromatic carbocycles. The monoisotopic (exact) mass is 144 g/mol. The Kier molecular flexibility index (Phi) is 1.94. The van der Waals surface area contributed by atoms with Gasteiger partial charge in [-0.05, 0) is 13.3 Å². The van der Waals surface area contributed by atoms with E-state index in [1.165, 1.54) is 0 Å². The molecule has 2 N–H and O–H groups in total. The molecule has 0 aliphatic carbocycles. The van der Waals surface area contributed by atoms with Gasteiger partial charge >= 0.3 is 5.69 Å². The van der Waals surface area contributed by atoms with E-state index in [1.54, 1.807) is 0 Å². The van der Waals surface area contributed by atoms with E-state index < -0.39 is 0 Å². The fourth-order valence-electron chi connectivity index (χ4n) is 1.01. The van der Waals surface area contributed by atoms with Crippen molar-refractivity contribution in [3.05, 3.63) is 21.9 Å². The van der Waals surface area contributed by atoms with Gasteiger partial charge in [0.05, 0.1) is 0 Å². The number of aromatic amines is 2. The normalized spacial score (nSPS) is 10.2. The van der Waals surface area contributed by atoms with E-state index in [1.807, 2.05) is 6.92 Å². The van der Waals surface area contributed by atoms with Crippen LogP contribution in [0.3, 0.4) is 0 Å². The predicted molar refractivity (Wildman–Crippen MR) is 44.4 cm³/mol. The van der Waals surface area contributed by atoms with Gasteiger partial charge in [0, 0.05) is 14.2 Å². The number of nitrogens with one attached hydrogen (secondary N) is 2. The molecule has 0 saturated heterocycles. The van der Waals surface area contributed by atoms with Crippen LogP contribution < -0.4 is 5.69 Å². The van der Waals surface area contributed by atoms with Gasteiger partial charge in [0.15, 0.2) is 0 Å². The summed E-state index contributed by atoms with van der Waals surface area (Å²) in [6.45, 7) is 3.99. The maximum atomic E-state index is 10.7. The Labute approximate surface area is 62.5 Å². The molecule has 0 fully saturated rings. The maximum Gasteiger partial charge on any atom is 0.323 e. The van der Waals surface area contributed by atoms with Crippen LogP contribution in [0.1, 0.15) is 27.6 Å². The highest BCUT2D eigenvalue weighted by molar-refractivity contribution is 5.08. The zero-order chi connectivity index (χ0) is 7.56. The van der Waals surface area contributed by atoms with Gasteiger partial charge in [0.2, 0.25) is 0 Å². The van der Waals surface area contributed by atoms with Crippen molar-refractivity contribution in [2.24, 2.45) is 0 Å². The summed E-state index contributed by atoms with van der Waals surface area (Å²) in [6, 6.07) is 0. The van der Waals surface area contributed by atoms with Gasteiger partial charge in [-0.2, -0.15) is 0 Å². The molecular weight excluding hydrogens is 128 g/mol. The Balaban J connectivity index is 0. The number of aromatic nitrogens is 2. The molecule has 0 aliphatic rings. The molecule has 0 aliphatic heterocycles. The number of rotatable bonds is 2. The first-order valence-corrected chi connectivity index (χ1v) is 3.51. The number of aryl methyl sites for hydroxylation is 2. The molecule has 0 bridgehead atoms. The summed E-state index contributed by atoms with van der Waals surface area (Å²) in [5, 5.41) is 0. The molecule has 1 aromatic rings. The molecule has 0 unspecified atom stereocenters. The van der Waals surface area contributed by atoms with E-state index in [0.717, 1.165) is 24.2 Å². The minimum atomic E-state index is -0.0963. The van der Waals surface area contributed by atoms with Crippen molar-refractivity contribution < 1.29 is 2.85 Å². The highest BCUT2D eigenvalue weighted by atomic mass is 16.1. The molecule has 0 saturated carbocycles. The summed E-state index contributed by atoms with van der Waals surface area (Å²) < 4.78 is 0. The minimum Gasteiger partial charge on any atom is -0.310 e. The van der Waals surface area contributed by atoms with Crippen LogP contribution in [0.2, 0.25) is 0 Å². The lowest BCUT2D eigenvalue weighted by Crippen LogP contribution is -2.00. The van der Waals surface area contributed by atoms with Crippen molar-refractivity contribution in [1.29, 1.82) is 0 Å². The molecule has 60 valence electrons. The number of imidazole rings is 1. The van der Waals surface area contributed by atoms with Crippen LogP contribution in [-0.2, 0) is 6.42 Å². The highest BCUT2D eigenvalue weighted by Crippen LogP contribution is 1.99. The summed E-state index contributed by atoms with van der Waals surface area (Å²) in [4.78, 5) is 16.1. The molecule has 0 radical (unpaired) electrons. The van der Waals surface area contributed by atoms with Crippen LogP contribution in [0, 0.1) is 6.92 Å². The molecule has 3 heteroatoms. The van der Waals surface area contributed by atoms with Crippen molar-refractivity contribution in [3.8, 4) is 0 Å². The summed E-state index contributed by atoms with van der Waals surface area (Å²) in [6.07, 6.45) is 2.01. The van der Waals surface area contributed by atoms with Gasteiger partial charge in [-0.1, -0.05) is 13.3 Å². The third kappa shape index (κ3) is 1.29. The third-order valence-electron chi connectivity index (χ3n) is 1.52. The van der Waals surface area contributed by atoms with E-state index in [0.29, 0.717) is 0 Å². The zero-order valence-electron chi connectivity index (χ0n) is 6.32. The molecular formula is C7H16N2O. The third-order valence-corrected chi connectivity index (χ3v) is 1.52. The second kappa shape index (κ2) is 2.73. The van der Waals surface area contributed by atoms with E-state index in [9.17, 15) is 4.79 Å². The fourth-order valence-corrected chi connectivity index (χ4v) is 1.01. The Morgan fingerprint density at radius 1 is 1.50 bits per heavy atom. The summed E-state index contributed by atoms with van der Waals surface area (Å²) >= 11 is 0. The van der Waals surface area contributed by atoms with Gasteiger partial charge in [-0.3, -0.25) is 0 Å². The summed E-state index contributed by atoms with van der Waals surface area (Å²) in [7, 11) is 0. The smallest absolute Gasteiger partial charge is 0.310 e. The summed E-state index contributed by atoms with van der Waals surface area (Å²) in [5.74, 6) is 0. The first-order chi connectivity index (χ1) is 4.74. The van der Waals surface area contributed by atoms with Crippen LogP contribution in [0.25, 0.3) is 0 Å². The number of H-pyrrole nitrogens is 2. The van der Waals surface area contributed by atoms with Crippen molar-refractivity contribution in [2.75, 3.05) is 0 Å². The average Bonchev–Trinajstić information content (AvgIpc) is 2.13. The van der Waals surface area contributed by atoms with Crippen molar-refractivity contribution >= 4 is 0 Å². The fraction of sp³-hybridized carbons (Fsp3) is 0.571. The van der Waals surface area contributed by atoms with Crippen molar-refractivity contribution in [1.82, 2.24) is 9.97 Å². The zero-order valence-corrected chi connectivity index (χ0v) is 6.32. The lowest BCUT2D eigenvalue weighted by Gasteiger charge is -1.91. The van der Waals surface area contributed by atoms with Gasteiger partial charge in [-0.25, -0.2) is 4.79 Å². The lowest BCUT2D eigenvalue weighted by molar-refractivity contribution is 0.880. The van der Waals surface area contributed by atoms with E-state index >= 15 is 0 Å². The first kappa shape index (κ1) is 7.12. The number of hydrogen-bond donors (Lipinski definition) is 2. The topological polar surface area (TPSA) is 48.6 Å². The van der Waals surface area contributed by atoms with E-state index in [2.05, 4.69) is 16.9 Å². The Morgan fingerprint density at radius 3 is 2.60 bits per heavy atom. The molecule has 3 nitrogen and oxygen atoms in total. The van der Waals surface area contributed by atoms with Crippen LogP contribution >= 0.6 is 0 Å². The van der Waals surface area contributed by atoms with Gasteiger partial charge < -0.3 is 9.97 Å². The molecule has 10 heavy (non-hydrogen) atoms. The number of hydrogen-bond acceptors (Lipinski definition) is 1. The van der Waals surface area contributed by atoms with Crippen LogP contribution in [0.15, 0.2) is 4.79 Å². The lowest BCUT2D eigenvalue weighted by atomic mass is 10.2. The standard InChI is InChI=1S/C7H12N2O.2H2/c1-3-4-6-5(2)8-7(10)9-6;;/h3-4H2,1-2H3,(H2,8,9,10);2*1H. The molecule has 0 spiro atoms. The minimum absolute atomic E-state index is 0. The van der Waals surface area contributed by atoms with Gasteiger partial charge in [0.1, 0.15) is 0 Å². The van der Waals surface area contributed by atoms with E-state index in [4.69, 9.17) is 0 Å². The largest absolute Gasteiger partial charge is 0.323 e. The van der Waals surface area contributed by atoms with Crippen LogP contribution in [0.4, 0.5) is 0 Å². The van der Waals surface area contributed by atoms with Gasteiger partial charge in [-0.15, -0.1) is 0 Å². The second-order valence-electron chi connectivity index (χ2n) is 2.43. The van der Waals surface area contributed by atoms with Crippen molar-refractivity contribution in [3.63, 3.8) is 0 Å². The maximum absolute atomic E-state index is 10.7. The molecule has 1 rings (SSSR count). The summed E-state index contributed by atoms with van der Waals surface area (Å²) in [5.41, 5.74) is 1.90. The van der Waals surface area contributed by atoms with Crippen LogP contribution in [-0.4, -0.2) is 9.97 Å². The SMILES string of the molecule is CCCc1[nH]c(=O)[nH]c1C.[HH].[HH]. The molecule has 0 atom stereocenters. The van der Waals surface area contributed by atoms with Gasteiger partial charge in [0.25, 0.3) is 0 Å². The second-order valence-corrected chi connectivity index (χ2v) is 2.43. The molecule has 1 heterocycles. The Hall–Kier alpha value is -0.990. The Morgan fingerprint density at radius 2 is 2.20 bits per heavy atom. The van der Waals surface area contributed by atoms with Crippen molar-refractivity contribution in [2.45, 2.75) is 26.7 Å². The quantitative estimate of drug-likeness (QED) is 0.648. The molecule has 1 aromatic heterocycles. The predicted octanol–water partition coefficient (Wildman–Crippen LogP) is 1.46. The Bertz CT molecular complexity index is 267. The first-order valence-electron chi connectivity index (χ1n) is 3.51. The highest BCUT2D eigenvalue weighted by Gasteiger charge is 1.98. The van der Waals surface area contributed by atoms with E-state index in [-0.39, 0.29) is 8.54 Å².